The molecule has 0 aromatic heterocycles. The molecule has 11 N–H and O–H groups in total. The van der Waals surface area contributed by atoms with Crippen molar-refractivity contribution in [2.45, 2.75) is 95.5 Å². The molecule has 2 aromatic rings. The van der Waals surface area contributed by atoms with Crippen LogP contribution in [0, 0.1) is 18.1 Å². The van der Waals surface area contributed by atoms with Crippen LogP contribution in [0.25, 0.3) is 0 Å². The molecule has 0 saturated heterocycles. The zero-order valence-corrected chi connectivity index (χ0v) is 31.4. The molecule has 0 aliphatic heterocycles. The first-order valence-electron chi connectivity index (χ1n) is 17.4. The van der Waals surface area contributed by atoms with Gasteiger partial charge in [-0.3, -0.25) is 33.6 Å². The fourth-order valence-electron chi connectivity index (χ4n) is 5.15. The maximum atomic E-state index is 13.8. The molecular formula is C37H52N8O7S. The predicted octanol–water partition coefficient (Wildman–Crippen LogP) is -0.607. The summed E-state index contributed by atoms with van der Waals surface area (Å²) in [6.45, 7) is 5.16. The van der Waals surface area contributed by atoms with Crippen LogP contribution in [0.3, 0.4) is 0 Å². The molecule has 16 heteroatoms. The molecule has 0 aliphatic rings. The molecule has 0 unspecified atom stereocenters. The Morgan fingerprint density at radius 3 is 1.87 bits per heavy atom. The van der Waals surface area contributed by atoms with Gasteiger partial charge in [0.1, 0.15) is 30.2 Å². The smallest absolute Gasteiger partial charge is 0.243 e. The number of rotatable bonds is 23. The van der Waals surface area contributed by atoms with Gasteiger partial charge in [-0.05, 0) is 61.8 Å². The van der Waals surface area contributed by atoms with E-state index in [-0.39, 0.29) is 38.0 Å². The summed E-state index contributed by atoms with van der Waals surface area (Å²) in [5.41, 5.74) is 17.9. The van der Waals surface area contributed by atoms with Crippen LogP contribution in [0.5, 0.6) is 0 Å². The molecule has 7 amide bonds. The Morgan fingerprint density at radius 2 is 1.28 bits per heavy atom. The van der Waals surface area contributed by atoms with Crippen molar-refractivity contribution in [1.29, 1.82) is 0 Å². The normalized spacial score (nSPS) is 14.2. The fraction of sp³-hybridized carbons (Fsp3) is 0.486. The van der Waals surface area contributed by atoms with Gasteiger partial charge in [0.25, 0.3) is 0 Å². The van der Waals surface area contributed by atoms with Crippen molar-refractivity contribution in [2.24, 2.45) is 23.1 Å². The van der Waals surface area contributed by atoms with Gasteiger partial charge in [-0.25, -0.2) is 0 Å². The van der Waals surface area contributed by atoms with E-state index in [9.17, 15) is 33.6 Å². The summed E-state index contributed by atoms with van der Waals surface area (Å²) in [6, 6.07) is 12.9. The number of primary amides is 2. The molecule has 15 nitrogen and oxygen atoms in total. The van der Waals surface area contributed by atoms with Crippen molar-refractivity contribution in [3.8, 4) is 0 Å². The van der Waals surface area contributed by atoms with E-state index >= 15 is 0 Å². The summed E-state index contributed by atoms with van der Waals surface area (Å²) in [5.74, 6) is -4.15. The van der Waals surface area contributed by atoms with Crippen molar-refractivity contribution in [2.75, 3.05) is 12.0 Å². The van der Waals surface area contributed by atoms with Crippen LogP contribution in [-0.4, -0.2) is 89.6 Å². The lowest BCUT2D eigenvalue weighted by Gasteiger charge is -2.26. The van der Waals surface area contributed by atoms with Crippen molar-refractivity contribution in [3.63, 3.8) is 0 Å². The third kappa shape index (κ3) is 16.4. The van der Waals surface area contributed by atoms with Gasteiger partial charge in [-0.2, -0.15) is 11.8 Å². The van der Waals surface area contributed by atoms with Gasteiger partial charge in [-0.1, -0.05) is 62.4 Å². The van der Waals surface area contributed by atoms with E-state index in [2.05, 4.69) is 38.7 Å². The minimum atomic E-state index is -1.24. The van der Waals surface area contributed by atoms with Gasteiger partial charge in [0.2, 0.25) is 41.4 Å². The molecule has 0 radical (unpaired) electrons. The van der Waals surface area contributed by atoms with Crippen molar-refractivity contribution < 1.29 is 33.6 Å². The van der Waals surface area contributed by atoms with E-state index < -0.39 is 77.6 Å². The third-order valence-corrected chi connectivity index (χ3v) is 8.73. The van der Waals surface area contributed by atoms with E-state index in [0.717, 1.165) is 0 Å². The molecule has 288 valence electrons. The van der Waals surface area contributed by atoms with Crippen LogP contribution < -0.4 is 43.8 Å². The van der Waals surface area contributed by atoms with Crippen LogP contribution in [0.2, 0.25) is 0 Å². The van der Waals surface area contributed by atoms with E-state index in [1.165, 1.54) is 18.7 Å². The van der Waals surface area contributed by atoms with Crippen LogP contribution in [-0.2, 0) is 46.4 Å². The minimum Gasteiger partial charge on any atom is -0.370 e. The highest BCUT2D eigenvalue weighted by Crippen LogP contribution is 2.10. The summed E-state index contributed by atoms with van der Waals surface area (Å²) < 4.78 is 0. The second kappa shape index (κ2) is 22.7. The maximum absolute atomic E-state index is 13.8. The third-order valence-electron chi connectivity index (χ3n) is 8.08. The zero-order valence-electron chi connectivity index (χ0n) is 30.6. The predicted molar refractivity (Wildman–Crippen MR) is 201 cm³/mol. The van der Waals surface area contributed by atoms with Gasteiger partial charge in [0.15, 0.2) is 0 Å². The fourth-order valence-corrected chi connectivity index (χ4v) is 5.62. The second-order valence-corrected chi connectivity index (χ2v) is 14.1. The van der Waals surface area contributed by atoms with E-state index in [1.54, 1.807) is 48.5 Å². The van der Waals surface area contributed by atoms with Crippen molar-refractivity contribution in [1.82, 2.24) is 26.6 Å². The first-order chi connectivity index (χ1) is 25.1. The lowest BCUT2D eigenvalue weighted by atomic mass is 10.0. The summed E-state index contributed by atoms with van der Waals surface area (Å²) in [4.78, 5) is 90.3. The lowest BCUT2D eigenvalue weighted by molar-refractivity contribution is -0.135. The van der Waals surface area contributed by atoms with Crippen molar-refractivity contribution in [3.05, 3.63) is 71.8 Å². The molecule has 53 heavy (non-hydrogen) atoms. The second-order valence-electron chi connectivity index (χ2n) is 13.1. The zero-order chi connectivity index (χ0) is 39.5. The van der Waals surface area contributed by atoms with E-state index in [4.69, 9.17) is 17.2 Å². The molecule has 0 aliphatic carbocycles. The Labute approximate surface area is 315 Å². The minimum absolute atomic E-state index is 0.0188. The van der Waals surface area contributed by atoms with Crippen LogP contribution in [0.4, 0.5) is 0 Å². The Morgan fingerprint density at radius 1 is 0.698 bits per heavy atom. The van der Waals surface area contributed by atoms with Crippen LogP contribution in [0.15, 0.2) is 48.5 Å². The number of carbonyl (C=O) groups excluding carboxylic acids is 7. The first-order valence-corrected chi connectivity index (χ1v) is 18.8. The summed E-state index contributed by atoms with van der Waals surface area (Å²) >= 11 is 1.49. The molecule has 0 saturated carbocycles. The average molecular weight is 753 g/mol. The SMILES string of the molecule is CSCC[C@H](NC(=O)[C@H](CC(C)C)NC(=O)[C@H](C)NC(=O)[C@H](Cc1c#cccc1)NC(=O)[C@H](Cc1ccccc1)NC(=O)[C@@H](N)CCC(N)=O)C(N)=O. The molecule has 6 atom stereocenters. The highest BCUT2D eigenvalue weighted by Gasteiger charge is 2.32. The molecule has 0 heterocycles. The number of hydrogen-bond acceptors (Lipinski definition) is 9. The molecule has 2 rings (SSSR count). The number of hydrogen-bond donors (Lipinski definition) is 8. The largest absolute Gasteiger partial charge is 0.370 e. The number of nitrogens with one attached hydrogen (secondary N) is 5. The molecule has 0 bridgehead atoms. The Balaban J connectivity index is 2.27. The average Bonchev–Trinajstić information content (AvgIpc) is 3.11. The van der Waals surface area contributed by atoms with Gasteiger partial charge in [0, 0.05) is 24.8 Å². The van der Waals surface area contributed by atoms with E-state index in [0.29, 0.717) is 23.3 Å². The summed E-state index contributed by atoms with van der Waals surface area (Å²) in [7, 11) is 0. The monoisotopic (exact) mass is 752 g/mol. The molecule has 2 aromatic carbocycles. The van der Waals surface area contributed by atoms with Gasteiger partial charge in [-0.15, -0.1) is 0 Å². The van der Waals surface area contributed by atoms with Gasteiger partial charge in [0.05, 0.1) is 6.04 Å². The van der Waals surface area contributed by atoms with Crippen molar-refractivity contribution >= 4 is 53.1 Å². The Kier molecular flexibility index (Phi) is 18.9. The number of benzene rings is 1. The topological polar surface area (TPSA) is 258 Å². The Hall–Kier alpha value is -5.14. The lowest BCUT2D eigenvalue weighted by Crippen LogP contribution is -2.59. The quantitative estimate of drug-likeness (QED) is 0.0720. The number of carbonyl (C=O) groups is 7. The number of amides is 7. The highest BCUT2D eigenvalue weighted by molar-refractivity contribution is 7.98. The standard InChI is InChI=1S/C37H52N8O7S/c1-22(2)19-28(36(51)42-27(32(40)47)17-18-53-4)43-33(48)23(3)41-35(50)29(20-24-11-7-5-8-12-24)45-37(52)30(21-25-13-9-6-10-14-25)44-34(49)26(38)15-16-31(39)46/h5-7,9-11,13-14,22-23,26-30H,15-21,38H2,1-4H3,(H2,39,46)(H2,40,47)(H,41,50)(H,42,51)(H,43,48)(H,44,49)(H,45,52)/t23-,26-,27-,28-,29-,30-/m0/s1. The highest BCUT2D eigenvalue weighted by atomic mass is 32.2. The molecular weight excluding hydrogens is 701 g/mol. The molecule has 0 fully saturated rings. The summed E-state index contributed by atoms with van der Waals surface area (Å²) in [6.07, 6.45) is 2.26. The van der Waals surface area contributed by atoms with Gasteiger partial charge < -0.3 is 43.8 Å². The molecule has 0 spiro atoms. The number of nitrogens with two attached hydrogens (primary N) is 3. The van der Waals surface area contributed by atoms with E-state index in [1.807, 2.05) is 20.1 Å². The maximum Gasteiger partial charge on any atom is 0.243 e. The van der Waals surface area contributed by atoms with Crippen LogP contribution in [0.1, 0.15) is 57.6 Å². The van der Waals surface area contributed by atoms with Gasteiger partial charge >= 0.3 is 0 Å². The first kappa shape index (κ1) is 44.0. The summed E-state index contributed by atoms with van der Waals surface area (Å²) in [5, 5.41) is 13.2. The Bertz CT molecular complexity index is 1530. The van der Waals surface area contributed by atoms with Crippen LogP contribution >= 0.6 is 11.8 Å². The number of thioether (sulfide) groups is 1.